The minimum Gasteiger partial charge on any atom is -0.311 e. The largest absolute Gasteiger partial charge is 0.311 e. The Kier molecular flexibility index (Phi) is 4.08. The van der Waals surface area contributed by atoms with E-state index in [9.17, 15) is 4.79 Å². The fraction of sp³-hybridized carbons (Fsp3) is 0.318. The predicted molar refractivity (Wildman–Crippen MR) is 102 cm³/mol. The fourth-order valence-electron chi connectivity index (χ4n) is 3.93. The Balaban J connectivity index is 2.02. The van der Waals surface area contributed by atoms with Crippen LogP contribution in [0.3, 0.4) is 0 Å². The van der Waals surface area contributed by atoms with Gasteiger partial charge in [0.2, 0.25) is 5.91 Å². The molecule has 1 aliphatic rings. The van der Waals surface area contributed by atoms with Gasteiger partial charge in [0.15, 0.2) is 0 Å². The molecule has 1 fully saturated rings. The fourth-order valence-corrected chi connectivity index (χ4v) is 3.93. The van der Waals surface area contributed by atoms with Gasteiger partial charge in [-0.15, -0.1) is 0 Å². The molecule has 0 radical (unpaired) electrons. The van der Waals surface area contributed by atoms with Crippen molar-refractivity contribution in [2.45, 2.75) is 39.5 Å². The first-order valence-electron chi connectivity index (χ1n) is 8.49. The molecule has 2 heteroatoms. The summed E-state index contributed by atoms with van der Waals surface area (Å²) in [6.45, 7) is 13.0. The highest BCUT2D eigenvalue weighted by Crippen LogP contribution is 2.40. The SMILES string of the molecule is C=Cc1cccc([C@]2(C)CCN(c3c(C)cc(C)cc3C)C2=O)c1. The van der Waals surface area contributed by atoms with Crippen LogP contribution >= 0.6 is 0 Å². The lowest BCUT2D eigenvalue weighted by molar-refractivity contribution is -0.121. The summed E-state index contributed by atoms with van der Waals surface area (Å²) in [5, 5.41) is 0. The van der Waals surface area contributed by atoms with E-state index < -0.39 is 5.41 Å². The highest BCUT2D eigenvalue weighted by atomic mass is 16.2. The standard InChI is InChI=1S/C22H25NO/c1-6-18-8-7-9-19(14-18)22(5)10-11-23(21(22)24)20-16(3)12-15(2)13-17(20)4/h6-9,12-14H,1,10-11H2,2-5H3/t22-/m0/s1. The van der Waals surface area contributed by atoms with Gasteiger partial charge in [-0.05, 0) is 56.4 Å². The number of benzene rings is 2. The highest BCUT2D eigenvalue weighted by Gasteiger charge is 2.45. The van der Waals surface area contributed by atoms with Crippen molar-refractivity contribution in [3.05, 3.63) is 70.8 Å². The molecule has 1 atom stereocenters. The summed E-state index contributed by atoms with van der Waals surface area (Å²) in [6.07, 6.45) is 2.66. The lowest BCUT2D eigenvalue weighted by Crippen LogP contribution is -2.36. The quantitative estimate of drug-likeness (QED) is 0.784. The van der Waals surface area contributed by atoms with E-state index in [-0.39, 0.29) is 5.91 Å². The second-order valence-electron chi connectivity index (χ2n) is 7.12. The summed E-state index contributed by atoms with van der Waals surface area (Å²) in [5.41, 5.74) is 6.33. The second kappa shape index (κ2) is 5.94. The number of carbonyl (C=O) groups is 1. The van der Waals surface area contributed by atoms with Gasteiger partial charge < -0.3 is 4.90 Å². The molecule has 0 spiro atoms. The topological polar surface area (TPSA) is 20.3 Å². The third-order valence-electron chi connectivity index (χ3n) is 5.22. The molecule has 2 nitrogen and oxygen atoms in total. The molecule has 1 saturated heterocycles. The highest BCUT2D eigenvalue weighted by molar-refractivity contribution is 6.04. The summed E-state index contributed by atoms with van der Waals surface area (Å²) < 4.78 is 0. The molecule has 0 bridgehead atoms. The van der Waals surface area contributed by atoms with Crippen LogP contribution in [0.4, 0.5) is 5.69 Å². The molecule has 2 aromatic rings. The molecular formula is C22H25NO. The van der Waals surface area contributed by atoms with Gasteiger partial charge in [-0.25, -0.2) is 0 Å². The number of nitrogens with zero attached hydrogens (tertiary/aromatic N) is 1. The van der Waals surface area contributed by atoms with Crippen molar-refractivity contribution in [2.75, 3.05) is 11.4 Å². The Morgan fingerprint density at radius 2 is 1.79 bits per heavy atom. The van der Waals surface area contributed by atoms with Crippen molar-refractivity contribution < 1.29 is 4.79 Å². The van der Waals surface area contributed by atoms with E-state index in [1.54, 1.807) is 0 Å². The third-order valence-corrected chi connectivity index (χ3v) is 5.22. The van der Waals surface area contributed by atoms with Gasteiger partial charge in [-0.1, -0.05) is 54.6 Å². The molecule has 0 unspecified atom stereocenters. The van der Waals surface area contributed by atoms with Crippen LogP contribution in [0.5, 0.6) is 0 Å². The van der Waals surface area contributed by atoms with Crippen molar-refractivity contribution in [2.24, 2.45) is 0 Å². The number of amides is 1. The smallest absolute Gasteiger partial charge is 0.237 e. The van der Waals surface area contributed by atoms with Gasteiger partial charge in [-0.2, -0.15) is 0 Å². The van der Waals surface area contributed by atoms with Crippen LogP contribution in [0.2, 0.25) is 0 Å². The van der Waals surface area contributed by atoms with Gasteiger partial charge in [0.1, 0.15) is 0 Å². The molecule has 3 rings (SSSR count). The Morgan fingerprint density at radius 1 is 1.12 bits per heavy atom. The molecule has 2 aromatic carbocycles. The van der Waals surface area contributed by atoms with Crippen LogP contribution in [0.15, 0.2) is 43.0 Å². The summed E-state index contributed by atoms with van der Waals surface area (Å²) >= 11 is 0. The number of hydrogen-bond acceptors (Lipinski definition) is 1. The van der Waals surface area contributed by atoms with E-state index in [0.29, 0.717) is 0 Å². The molecule has 24 heavy (non-hydrogen) atoms. The Morgan fingerprint density at radius 3 is 2.42 bits per heavy atom. The monoisotopic (exact) mass is 319 g/mol. The summed E-state index contributed by atoms with van der Waals surface area (Å²) in [4.78, 5) is 15.3. The summed E-state index contributed by atoms with van der Waals surface area (Å²) in [6, 6.07) is 12.5. The Hall–Kier alpha value is -2.35. The van der Waals surface area contributed by atoms with Crippen LogP contribution in [0.25, 0.3) is 6.08 Å². The summed E-state index contributed by atoms with van der Waals surface area (Å²) in [5.74, 6) is 0.193. The van der Waals surface area contributed by atoms with Crippen LogP contribution in [0.1, 0.15) is 41.2 Å². The van der Waals surface area contributed by atoms with Gasteiger partial charge in [0.05, 0.1) is 5.41 Å². The van der Waals surface area contributed by atoms with Gasteiger partial charge in [0.25, 0.3) is 0 Å². The average Bonchev–Trinajstić information content (AvgIpc) is 2.84. The summed E-state index contributed by atoms with van der Waals surface area (Å²) in [7, 11) is 0. The molecule has 0 N–H and O–H groups in total. The number of carbonyl (C=O) groups excluding carboxylic acids is 1. The predicted octanol–water partition coefficient (Wildman–Crippen LogP) is 4.95. The second-order valence-corrected chi connectivity index (χ2v) is 7.12. The van der Waals surface area contributed by atoms with Crippen LogP contribution in [-0.2, 0) is 10.2 Å². The zero-order chi connectivity index (χ0) is 17.5. The maximum Gasteiger partial charge on any atom is 0.237 e. The first-order valence-corrected chi connectivity index (χ1v) is 8.49. The lowest BCUT2D eigenvalue weighted by atomic mass is 9.80. The van der Waals surface area contributed by atoms with Gasteiger partial charge >= 0.3 is 0 Å². The number of aryl methyl sites for hydroxylation is 3. The maximum atomic E-state index is 13.3. The zero-order valence-corrected chi connectivity index (χ0v) is 15.0. The normalized spacial score (nSPS) is 20.5. The lowest BCUT2D eigenvalue weighted by Gasteiger charge is -2.26. The Bertz CT molecular complexity index is 797. The van der Waals surface area contributed by atoms with E-state index in [1.165, 1.54) is 16.7 Å². The van der Waals surface area contributed by atoms with Crippen LogP contribution in [0, 0.1) is 20.8 Å². The minimum absolute atomic E-state index is 0.193. The van der Waals surface area contributed by atoms with E-state index in [4.69, 9.17) is 0 Å². The van der Waals surface area contributed by atoms with Gasteiger partial charge in [-0.3, -0.25) is 4.79 Å². The average molecular weight is 319 g/mol. The van der Waals surface area contributed by atoms with E-state index >= 15 is 0 Å². The van der Waals surface area contributed by atoms with Crippen LogP contribution in [-0.4, -0.2) is 12.5 Å². The molecule has 1 amide bonds. The number of rotatable bonds is 3. The zero-order valence-electron chi connectivity index (χ0n) is 15.0. The van der Waals surface area contributed by atoms with Gasteiger partial charge in [0, 0.05) is 12.2 Å². The van der Waals surface area contributed by atoms with Crippen molar-refractivity contribution in [1.29, 1.82) is 0 Å². The van der Waals surface area contributed by atoms with Crippen molar-refractivity contribution in [3.8, 4) is 0 Å². The minimum atomic E-state index is -0.469. The first-order chi connectivity index (χ1) is 11.4. The van der Waals surface area contributed by atoms with Crippen molar-refractivity contribution in [1.82, 2.24) is 0 Å². The van der Waals surface area contributed by atoms with E-state index in [2.05, 4.69) is 58.5 Å². The molecule has 124 valence electrons. The first kappa shape index (κ1) is 16.5. The molecular weight excluding hydrogens is 294 g/mol. The maximum absolute atomic E-state index is 13.3. The van der Waals surface area contributed by atoms with Crippen molar-refractivity contribution in [3.63, 3.8) is 0 Å². The number of anilines is 1. The van der Waals surface area contributed by atoms with Crippen LogP contribution < -0.4 is 4.90 Å². The molecule has 1 heterocycles. The third kappa shape index (κ3) is 2.56. The molecule has 1 aliphatic heterocycles. The molecule has 0 aliphatic carbocycles. The Labute approximate surface area is 144 Å². The number of hydrogen-bond donors (Lipinski definition) is 0. The van der Waals surface area contributed by atoms with Crippen molar-refractivity contribution >= 4 is 17.7 Å². The molecule has 0 aromatic heterocycles. The van der Waals surface area contributed by atoms with E-state index in [1.807, 2.05) is 23.1 Å². The molecule has 0 saturated carbocycles. The van der Waals surface area contributed by atoms with E-state index in [0.717, 1.165) is 29.8 Å².